The third-order valence-electron chi connectivity index (χ3n) is 3.27. The number of aryl methyl sites for hydroxylation is 1. The lowest BCUT2D eigenvalue weighted by Gasteiger charge is -2.13. The van der Waals surface area contributed by atoms with Gasteiger partial charge in [-0.15, -0.1) is 22.7 Å². The predicted octanol–water partition coefficient (Wildman–Crippen LogP) is 2.43. The van der Waals surface area contributed by atoms with Crippen LogP contribution in [0.25, 0.3) is 9.88 Å². The normalized spacial score (nSPS) is 16.3. The fourth-order valence-electron chi connectivity index (χ4n) is 1.88. The summed E-state index contributed by atoms with van der Waals surface area (Å²) in [6.45, 7) is 1.86. The van der Waals surface area contributed by atoms with Crippen LogP contribution in [0, 0.1) is 6.92 Å². The van der Waals surface area contributed by atoms with Gasteiger partial charge >= 0.3 is 0 Å². The largest absolute Gasteiger partial charge is 0.394 e. The summed E-state index contributed by atoms with van der Waals surface area (Å²) >= 11 is 3.03. The highest BCUT2D eigenvalue weighted by Crippen LogP contribution is 2.36. The lowest BCUT2D eigenvalue weighted by atomic mass is 10.2. The van der Waals surface area contributed by atoms with E-state index in [1.807, 2.05) is 24.4 Å². The molecule has 1 amide bonds. The Hall–Kier alpha value is -1.24. The lowest BCUT2D eigenvalue weighted by molar-refractivity contribution is 0.0910. The lowest BCUT2D eigenvalue weighted by Crippen LogP contribution is -2.39. The van der Waals surface area contributed by atoms with Crippen molar-refractivity contribution in [2.75, 3.05) is 6.61 Å². The molecule has 1 saturated carbocycles. The molecule has 19 heavy (non-hydrogen) atoms. The first kappa shape index (κ1) is 12.8. The number of aliphatic hydroxyl groups excluding tert-OH is 1. The summed E-state index contributed by atoms with van der Waals surface area (Å²) in [4.78, 5) is 18.4. The topological polar surface area (TPSA) is 62.2 Å². The van der Waals surface area contributed by atoms with E-state index >= 15 is 0 Å². The van der Waals surface area contributed by atoms with Gasteiger partial charge in [0, 0.05) is 0 Å². The van der Waals surface area contributed by atoms with E-state index in [1.54, 1.807) is 11.3 Å². The number of amides is 1. The van der Waals surface area contributed by atoms with E-state index in [0.29, 0.717) is 4.88 Å². The van der Waals surface area contributed by atoms with Crippen LogP contribution in [-0.4, -0.2) is 28.1 Å². The van der Waals surface area contributed by atoms with Crippen molar-refractivity contribution in [3.8, 4) is 9.88 Å². The van der Waals surface area contributed by atoms with Crippen LogP contribution >= 0.6 is 22.7 Å². The van der Waals surface area contributed by atoms with Crippen LogP contribution in [0.15, 0.2) is 17.5 Å². The SMILES string of the molecule is Cc1nc(-c2cccs2)sc1C(=O)NC1(CO)CC1. The van der Waals surface area contributed by atoms with Gasteiger partial charge in [0.2, 0.25) is 0 Å². The molecule has 100 valence electrons. The Morgan fingerprint density at radius 2 is 2.37 bits per heavy atom. The van der Waals surface area contributed by atoms with Gasteiger partial charge in [0.25, 0.3) is 5.91 Å². The summed E-state index contributed by atoms with van der Waals surface area (Å²) in [5, 5.41) is 15.0. The van der Waals surface area contributed by atoms with Gasteiger partial charge in [-0.1, -0.05) is 6.07 Å². The zero-order valence-electron chi connectivity index (χ0n) is 10.5. The van der Waals surface area contributed by atoms with Crippen LogP contribution in [0.2, 0.25) is 0 Å². The minimum atomic E-state index is -0.378. The second kappa shape index (κ2) is 4.70. The van der Waals surface area contributed by atoms with Gasteiger partial charge in [-0.3, -0.25) is 4.79 Å². The number of aromatic nitrogens is 1. The first-order valence-corrected chi connectivity index (χ1v) is 7.78. The molecule has 1 fully saturated rings. The standard InChI is InChI=1S/C13H14N2O2S2/c1-8-10(11(17)15-13(7-16)4-5-13)19-12(14-8)9-3-2-6-18-9/h2-3,6,16H,4-5,7H2,1H3,(H,15,17). The summed E-state index contributed by atoms with van der Waals surface area (Å²) in [6, 6.07) is 3.97. The minimum Gasteiger partial charge on any atom is -0.394 e. The van der Waals surface area contributed by atoms with Gasteiger partial charge in [-0.25, -0.2) is 4.98 Å². The summed E-state index contributed by atoms with van der Waals surface area (Å²) in [5.41, 5.74) is 0.371. The number of hydrogen-bond acceptors (Lipinski definition) is 5. The van der Waals surface area contributed by atoms with Crippen LogP contribution in [0.5, 0.6) is 0 Å². The molecule has 0 spiro atoms. The van der Waals surface area contributed by atoms with Crippen molar-refractivity contribution in [2.24, 2.45) is 0 Å². The van der Waals surface area contributed by atoms with Crippen molar-refractivity contribution < 1.29 is 9.90 Å². The van der Waals surface area contributed by atoms with Gasteiger partial charge in [0.15, 0.2) is 0 Å². The zero-order chi connectivity index (χ0) is 13.5. The number of carbonyl (C=O) groups excluding carboxylic acids is 1. The highest BCUT2D eigenvalue weighted by atomic mass is 32.1. The first-order valence-electron chi connectivity index (χ1n) is 6.08. The summed E-state index contributed by atoms with van der Waals surface area (Å²) in [7, 11) is 0. The van der Waals surface area contributed by atoms with Gasteiger partial charge in [-0.05, 0) is 31.2 Å². The van der Waals surface area contributed by atoms with Crippen LogP contribution in [0.1, 0.15) is 28.2 Å². The number of carbonyl (C=O) groups is 1. The van der Waals surface area contributed by atoms with Crippen molar-refractivity contribution in [3.05, 3.63) is 28.1 Å². The molecule has 1 aliphatic rings. The summed E-state index contributed by atoms with van der Waals surface area (Å²) in [6.07, 6.45) is 1.70. The Labute approximate surface area is 119 Å². The number of hydrogen-bond donors (Lipinski definition) is 2. The molecule has 1 aliphatic carbocycles. The Morgan fingerprint density at radius 3 is 2.95 bits per heavy atom. The molecule has 0 saturated heterocycles. The maximum Gasteiger partial charge on any atom is 0.263 e. The average molecular weight is 294 g/mol. The zero-order valence-corrected chi connectivity index (χ0v) is 12.1. The minimum absolute atomic E-state index is 0.00831. The molecule has 0 aromatic carbocycles. The van der Waals surface area contributed by atoms with Crippen LogP contribution in [0.4, 0.5) is 0 Å². The molecule has 2 N–H and O–H groups in total. The molecule has 2 aromatic heterocycles. The molecule has 0 bridgehead atoms. The molecular weight excluding hydrogens is 280 g/mol. The smallest absolute Gasteiger partial charge is 0.263 e. The number of rotatable bonds is 4. The maximum atomic E-state index is 12.2. The van der Waals surface area contributed by atoms with Crippen molar-refractivity contribution in [3.63, 3.8) is 0 Å². The van der Waals surface area contributed by atoms with Crippen LogP contribution < -0.4 is 5.32 Å². The second-order valence-corrected chi connectivity index (χ2v) is 6.75. The van der Waals surface area contributed by atoms with E-state index in [0.717, 1.165) is 28.4 Å². The van der Waals surface area contributed by atoms with E-state index in [4.69, 9.17) is 0 Å². The van der Waals surface area contributed by atoms with E-state index < -0.39 is 0 Å². The second-order valence-electron chi connectivity index (χ2n) is 4.80. The van der Waals surface area contributed by atoms with Gasteiger partial charge < -0.3 is 10.4 Å². The molecule has 0 aliphatic heterocycles. The molecule has 2 aromatic rings. The fourth-order valence-corrected chi connectivity index (χ4v) is 3.64. The maximum absolute atomic E-state index is 12.2. The third-order valence-corrected chi connectivity index (χ3v) is 5.46. The van der Waals surface area contributed by atoms with E-state index in [1.165, 1.54) is 11.3 Å². The highest BCUT2D eigenvalue weighted by Gasteiger charge is 2.44. The number of thiazole rings is 1. The first-order chi connectivity index (χ1) is 9.13. The van der Waals surface area contributed by atoms with Gasteiger partial charge in [-0.2, -0.15) is 0 Å². The monoisotopic (exact) mass is 294 g/mol. The van der Waals surface area contributed by atoms with Crippen molar-refractivity contribution in [1.82, 2.24) is 10.3 Å². The molecular formula is C13H14N2O2S2. The van der Waals surface area contributed by atoms with Crippen molar-refractivity contribution in [1.29, 1.82) is 0 Å². The average Bonchev–Trinajstić information content (AvgIpc) is 2.81. The molecule has 0 atom stereocenters. The van der Waals surface area contributed by atoms with Crippen LogP contribution in [-0.2, 0) is 0 Å². The molecule has 3 rings (SSSR count). The van der Waals surface area contributed by atoms with E-state index in [9.17, 15) is 9.90 Å². The number of thiophene rings is 1. The predicted molar refractivity (Wildman–Crippen MR) is 76.7 cm³/mol. The molecule has 0 unspecified atom stereocenters. The molecule has 6 heteroatoms. The summed E-state index contributed by atoms with van der Waals surface area (Å²) < 4.78 is 0. The molecule has 0 radical (unpaired) electrons. The van der Waals surface area contributed by atoms with E-state index in [2.05, 4.69) is 10.3 Å². The molecule has 4 nitrogen and oxygen atoms in total. The van der Waals surface area contributed by atoms with Gasteiger partial charge in [0.05, 0.1) is 22.7 Å². The van der Waals surface area contributed by atoms with E-state index in [-0.39, 0.29) is 18.1 Å². The third kappa shape index (κ3) is 2.43. The Balaban J connectivity index is 1.83. The fraction of sp³-hybridized carbons (Fsp3) is 0.385. The van der Waals surface area contributed by atoms with Crippen molar-refractivity contribution in [2.45, 2.75) is 25.3 Å². The Kier molecular flexibility index (Phi) is 3.16. The number of nitrogens with one attached hydrogen (secondary N) is 1. The number of aliphatic hydroxyl groups is 1. The quantitative estimate of drug-likeness (QED) is 0.910. The van der Waals surface area contributed by atoms with Crippen LogP contribution in [0.3, 0.4) is 0 Å². The number of nitrogens with zero attached hydrogens (tertiary/aromatic N) is 1. The summed E-state index contributed by atoms with van der Waals surface area (Å²) in [5.74, 6) is -0.121. The Bertz CT molecular complexity index is 600. The van der Waals surface area contributed by atoms with Crippen molar-refractivity contribution >= 4 is 28.6 Å². The highest BCUT2D eigenvalue weighted by molar-refractivity contribution is 7.22. The Morgan fingerprint density at radius 1 is 1.58 bits per heavy atom. The molecule has 2 heterocycles. The van der Waals surface area contributed by atoms with Gasteiger partial charge in [0.1, 0.15) is 9.88 Å².